The van der Waals surface area contributed by atoms with Crippen LogP contribution in [0.5, 0.6) is 0 Å². The zero-order chi connectivity index (χ0) is 11.4. The molecule has 3 heteroatoms. The quantitative estimate of drug-likeness (QED) is 0.811. The van der Waals surface area contributed by atoms with E-state index in [1.165, 1.54) is 6.42 Å². The largest absolute Gasteiger partial charge is 0.388 e. The minimum Gasteiger partial charge on any atom is -0.388 e. The molecular weight excluding hydrogens is 188 g/mol. The molecule has 0 aliphatic carbocycles. The zero-order valence-corrected chi connectivity index (χ0v) is 10.2. The first kappa shape index (κ1) is 12.2. The highest BCUT2D eigenvalue weighted by Gasteiger charge is 2.13. The Balaban J connectivity index is 2.46. The summed E-state index contributed by atoms with van der Waals surface area (Å²) in [5.74, 6) is 0.715. The Morgan fingerprint density at radius 2 is 2.07 bits per heavy atom. The van der Waals surface area contributed by atoms with Gasteiger partial charge in [-0.25, -0.2) is 0 Å². The lowest BCUT2D eigenvalue weighted by Gasteiger charge is -2.10. The van der Waals surface area contributed by atoms with E-state index in [1.807, 2.05) is 20.2 Å². The van der Waals surface area contributed by atoms with Crippen LogP contribution >= 0.6 is 0 Å². The van der Waals surface area contributed by atoms with Crippen LogP contribution in [0.3, 0.4) is 0 Å². The van der Waals surface area contributed by atoms with Crippen LogP contribution in [-0.2, 0) is 7.05 Å². The molecule has 1 N–H and O–H groups in total. The number of hydrogen-bond acceptors (Lipinski definition) is 2. The molecule has 0 aromatic carbocycles. The van der Waals surface area contributed by atoms with Crippen molar-refractivity contribution in [2.45, 2.75) is 46.1 Å². The molecule has 15 heavy (non-hydrogen) atoms. The average molecular weight is 210 g/mol. The first-order valence-corrected chi connectivity index (χ1v) is 5.69. The average Bonchev–Trinajstić information content (AvgIpc) is 2.44. The van der Waals surface area contributed by atoms with Gasteiger partial charge in [0.25, 0.3) is 0 Å². The van der Waals surface area contributed by atoms with Crippen LogP contribution in [0, 0.1) is 12.8 Å². The predicted molar refractivity (Wildman–Crippen MR) is 61.6 cm³/mol. The van der Waals surface area contributed by atoms with Crippen LogP contribution in [0.2, 0.25) is 0 Å². The Morgan fingerprint density at radius 3 is 2.53 bits per heavy atom. The van der Waals surface area contributed by atoms with Gasteiger partial charge in [-0.15, -0.1) is 0 Å². The summed E-state index contributed by atoms with van der Waals surface area (Å²) in [6.45, 7) is 6.37. The van der Waals surface area contributed by atoms with E-state index in [9.17, 15) is 5.11 Å². The fourth-order valence-electron chi connectivity index (χ4n) is 1.82. The molecule has 1 aromatic heterocycles. The molecule has 0 aliphatic heterocycles. The molecule has 1 atom stereocenters. The first-order valence-electron chi connectivity index (χ1n) is 5.69. The van der Waals surface area contributed by atoms with E-state index < -0.39 is 0 Å². The molecule has 0 fully saturated rings. The van der Waals surface area contributed by atoms with Crippen molar-refractivity contribution in [3.8, 4) is 0 Å². The zero-order valence-electron chi connectivity index (χ0n) is 10.2. The molecule has 0 saturated heterocycles. The fourth-order valence-corrected chi connectivity index (χ4v) is 1.82. The third kappa shape index (κ3) is 3.67. The van der Waals surface area contributed by atoms with E-state index in [0.29, 0.717) is 5.92 Å². The van der Waals surface area contributed by atoms with Crippen molar-refractivity contribution in [3.05, 3.63) is 17.5 Å². The maximum Gasteiger partial charge on any atom is 0.0823 e. The summed E-state index contributed by atoms with van der Waals surface area (Å²) >= 11 is 0. The Morgan fingerprint density at radius 1 is 1.40 bits per heavy atom. The molecule has 1 heterocycles. The lowest BCUT2D eigenvalue weighted by molar-refractivity contribution is 0.161. The third-order valence-corrected chi connectivity index (χ3v) is 2.67. The van der Waals surface area contributed by atoms with Crippen molar-refractivity contribution < 1.29 is 5.11 Å². The highest BCUT2D eigenvalue weighted by atomic mass is 16.3. The summed E-state index contributed by atoms with van der Waals surface area (Å²) in [6.07, 6.45) is 4.65. The van der Waals surface area contributed by atoms with Gasteiger partial charge in [0.15, 0.2) is 0 Å². The maximum atomic E-state index is 9.97. The van der Waals surface area contributed by atoms with E-state index in [4.69, 9.17) is 0 Å². The van der Waals surface area contributed by atoms with Gasteiger partial charge in [0, 0.05) is 18.8 Å². The third-order valence-electron chi connectivity index (χ3n) is 2.67. The van der Waals surface area contributed by atoms with Gasteiger partial charge in [0.2, 0.25) is 0 Å². The summed E-state index contributed by atoms with van der Waals surface area (Å²) in [6, 6.07) is 0. The highest BCUT2D eigenvalue weighted by Crippen LogP contribution is 2.22. The summed E-state index contributed by atoms with van der Waals surface area (Å²) in [4.78, 5) is 0. The van der Waals surface area contributed by atoms with Gasteiger partial charge < -0.3 is 5.11 Å². The van der Waals surface area contributed by atoms with Crippen LogP contribution in [-0.4, -0.2) is 14.9 Å². The van der Waals surface area contributed by atoms with Crippen LogP contribution in [0.4, 0.5) is 0 Å². The molecule has 0 bridgehead atoms. The van der Waals surface area contributed by atoms with Crippen molar-refractivity contribution in [3.63, 3.8) is 0 Å². The molecular formula is C12H22N2O. The lowest BCUT2D eigenvalue weighted by Crippen LogP contribution is -1.99. The summed E-state index contributed by atoms with van der Waals surface area (Å²) < 4.78 is 1.76. The van der Waals surface area contributed by atoms with Gasteiger partial charge in [0.05, 0.1) is 11.8 Å². The van der Waals surface area contributed by atoms with Gasteiger partial charge in [-0.1, -0.05) is 26.7 Å². The number of aliphatic hydroxyl groups excluding tert-OH is 1. The fraction of sp³-hybridized carbons (Fsp3) is 0.750. The maximum absolute atomic E-state index is 9.97. The second kappa shape index (κ2) is 5.31. The molecule has 0 saturated carbocycles. The molecule has 0 aliphatic rings. The van der Waals surface area contributed by atoms with Crippen molar-refractivity contribution in [2.75, 3.05) is 0 Å². The second-order valence-corrected chi connectivity index (χ2v) is 4.68. The number of nitrogens with zero attached hydrogens (tertiary/aromatic N) is 2. The number of hydrogen-bond donors (Lipinski definition) is 1. The number of aryl methyl sites for hydroxylation is 2. The van der Waals surface area contributed by atoms with Gasteiger partial charge in [-0.2, -0.15) is 5.10 Å². The summed E-state index contributed by atoms with van der Waals surface area (Å²) in [5.41, 5.74) is 1.91. The molecule has 0 spiro atoms. The van der Waals surface area contributed by atoms with Crippen molar-refractivity contribution in [1.29, 1.82) is 0 Å². The minimum absolute atomic E-state index is 0.350. The molecule has 1 aromatic rings. The van der Waals surface area contributed by atoms with Gasteiger partial charge in [-0.05, 0) is 19.3 Å². The standard InChI is InChI=1S/C12H22N2O/c1-9(2)6-5-7-12(15)11-8-14(4)13-10(11)3/h8-9,12,15H,5-7H2,1-4H3. The van der Waals surface area contributed by atoms with E-state index in [2.05, 4.69) is 18.9 Å². The molecule has 1 unspecified atom stereocenters. The Kier molecular flexibility index (Phi) is 4.33. The lowest BCUT2D eigenvalue weighted by atomic mass is 10.0. The van der Waals surface area contributed by atoms with E-state index >= 15 is 0 Å². The Hall–Kier alpha value is -0.830. The molecule has 0 amide bonds. The van der Waals surface area contributed by atoms with Crippen LogP contribution in [0.1, 0.15) is 50.5 Å². The topological polar surface area (TPSA) is 38.0 Å². The summed E-state index contributed by atoms with van der Waals surface area (Å²) in [5, 5.41) is 14.2. The number of aliphatic hydroxyl groups is 1. The van der Waals surface area contributed by atoms with Crippen molar-refractivity contribution >= 4 is 0 Å². The second-order valence-electron chi connectivity index (χ2n) is 4.68. The van der Waals surface area contributed by atoms with Crippen molar-refractivity contribution in [1.82, 2.24) is 9.78 Å². The minimum atomic E-state index is -0.350. The Labute approximate surface area is 92.1 Å². The smallest absolute Gasteiger partial charge is 0.0823 e. The first-order chi connectivity index (χ1) is 7.00. The SMILES string of the molecule is Cc1nn(C)cc1C(O)CCCC(C)C. The van der Waals surface area contributed by atoms with E-state index in [-0.39, 0.29) is 6.10 Å². The highest BCUT2D eigenvalue weighted by molar-refractivity contribution is 5.18. The van der Waals surface area contributed by atoms with Crippen LogP contribution < -0.4 is 0 Å². The number of rotatable bonds is 5. The summed E-state index contributed by atoms with van der Waals surface area (Å²) in [7, 11) is 1.89. The van der Waals surface area contributed by atoms with Crippen LogP contribution in [0.25, 0.3) is 0 Å². The Bertz CT molecular complexity index is 305. The monoisotopic (exact) mass is 210 g/mol. The van der Waals surface area contributed by atoms with E-state index in [1.54, 1.807) is 4.68 Å². The van der Waals surface area contributed by atoms with Gasteiger partial charge in [0.1, 0.15) is 0 Å². The predicted octanol–water partition coefficient (Wildman–Crippen LogP) is 2.59. The van der Waals surface area contributed by atoms with E-state index in [0.717, 1.165) is 24.1 Å². The normalized spacial score (nSPS) is 13.5. The van der Waals surface area contributed by atoms with Gasteiger partial charge >= 0.3 is 0 Å². The number of aromatic nitrogens is 2. The molecule has 0 radical (unpaired) electrons. The molecule has 3 nitrogen and oxygen atoms in total. The molecule has 1 rings (SSSR count). The molecule has 86 valence electrons. The van der Waals surface area contributed by atoms with Crippen LogP contribution in [0.15, 0.2) is 6.20 Å². The van der Waals surface area contributed by atoms with Gasteiger partial charge in [-0.3, -0.25) is 4.68 Å². The van der Waals surface area contributed by atoms with Crippen molar-refractivity contribution in [2.24, 2.45) is 13.0 Å².